The van der Waals surface area contributed by atoms with Crippen molar-refractivity contribution in [3.63, 3.8) is 0 Å². The van der Waals surface area contributed by atoms with Gasteiger partial charge in [0.25, 0.3) is 0 Å². The third-order valence-electron chi connectivity index (χ3n) is 4.84. The maximum atomic E-state index is 12.5. The smallest absolute Gasteiger partial charge is 0.311 e. The van der Waals surface area contributed by atoms with E-state index in [1.54, 1.807) is 12.1 Å². The molecule has 0 saturated carbocycles. The third-order valence-corrected chi connectivity index (χ3v) is 5.61. The van der Waals surface area contributed by atoms with Crippen LogP contribution in [-0.4, -0.2) is 43.2 Å². The van der Waals surface area contributed by atoms with Crippen LogP contribution < -0.4 is 9.47 Å². The molecule has 0 radical (unpaired) electrons. The SMILES string of the molecule is CCCC(=O)OCC(COC(=O)CCC)OC(=O)CCC(=O)Oc1cc(Cl)ccc1Oc1ccc(Cl)cc1Cl. The highest BCUT2D eigenvalue weighted by molar-refractivity contribution is 6.35. The summed E-state index contributed by atoms with van der Waals surface area (Å²) in [5, 5.41) is 0.945. The van der Waals surface area contributed by atoms with Crippen LogP contribution in [0.5, 0.6) is 17.2 Å². The first-order chi connectivity index (χ1) is 18.6. The van der Waals surface area contributed by atoms with Gasteiger partial charge in [0, 0.05) is 29.0 Å². The van der Waals surface area contributed by atoms with Gasteiger partial charge in [-0.2, -0.15) is 0 Å². The summed E-state index contributed by atoms with van der Waals surface area (Å²) in [6, 6.07) is 9.04. The molecule has 0 aliphatic heterocycles. The Morgan fingerprint density at radius 1 is 0.667 bits per heavy atom. The van der Waals surface area contributed by atoms with Gasteiger partial charge in [-0.1, -0.05) is 48.7 Å². The molecule has 9 nitrogen and oxygen atoms in total. The average molecular weight is 604 g/mol. The van der Waals surface area contributed by atoms with Gasteiger partial charge in [-0.25, -0.2) is 0 Å². The van der Waals surface area contributed by atoms with Crippen molar-refractivity contribution in [2.75, 3.05) is 13.2 Å². The maximum Gasteiger partial charge on any atom is 0.311 e. The number of carbonyl (C=O) groups is 4. The Labute approximate surface area is 241 Å². The highest BCUT2D eigenvalue weighted by Gasteiger charge is 2.21. The molecule has 0 saturated heterocycles. The van der Waals surface area contributed by atoms with Crippen molar-refractivity contribution in [3.05, 3.63) is 51.5 Å². The summed E-state index contributed by atoms with van der Waals surface area (Å²) in [6.45, 7) is 3.06. The van der Waals surface area contributed by atoms with Crippen molar-refractivity contribution in [1.29, 1.82) is 0 Å². The molecule has 0 heterocycles. The summed E-state index contributed by atoms with van der Waals surface area (Å²) in [5.41, 5.74) is 0. The van der Waals surface area contributed by atoms with Gasteiger partial charge in [0.15, 0.2) is 17.6 Å². The number of hydrogen-bond acceptors (Lipinski definition) is 9. The summed E-state index contributed by atoms with van der Waals surface area (Å²) in [4.78, 5) is 48.3. The Hall–Kier alpha value is -3.01. The lowest BCUT2D eigenvalue weighted by molar-refractivity contribution is -0.167. The van der Waals surface area contributed by atoms with E-state index < -0.39 is 30.0 Å². The van der Waals surface area contributed by atoms with Gasteiger partial charge in [-0.15, -0.1) is 0 Å². The number of rotatable bonds is 15. The number of hydrogen-bond donors (Lipinski definition) is 0. The first kappa shape index (κ1) is 32.2. The van der Waals surface area contributed by atoms with E-state index in [4.69, 9.17) is 58.5 Å². The topological polar surface area (TPSA) is 114 Å². The lowest BCUT2D eigenvalue weighted by atomic mass is 10.3. The normalized spacial score (nSPS) is 10.6. The second-order valence-corrected chi connectivity index (χ2v) is 9.50. The fourth-order valence-corrected chi connectivity index (χ4v) is 3.59. The van der Waals surface area contributed by atoms with Crippen LogP contribution in [0.25, 0.3) is 0 Å². The zero-order valence-electron chi connectivity index (χ0n) is 21.5. The molecule has 2 aromatic carbocycles. The first-order valence-corrected chi connectivity index (χ1v) is 13.4. The van der Waals surface area contributed by atoms with E-state index in [1.165, 1.54) is 24.3 Å². The maximum absolute atomic E-state index is 12.5. The number of carbonyl (C=O) groups excluding carboxylic acids is 4. The zero-order chi connectivity index (χ0) is 28.8. The van der Waals surface area contributed by atoms with E-state index >= 15 is 0 Å². The van der Waals surface area contributed by atoms with Gasteiger partial charge in [0.1, 0.15) is 19.0 Å². The Morgan fingerprint density at radius 2 is 1.21 bits per heavy atom. The predicted molar refractivity (Wildman–Crippen MR) is 144 cm³/mol. The van der Waals surface area contributed by atoms with Crippen molar-refractivity contribution in [2.45, 2.75) is 58.5 Å². The van der Waals surface area contributed by atoms with Gasteiger partial charge in [-0.05, 0) is 43.2 Å². The standard InChI is InChI=1S/C27H29Cl3O9/c1-3-5-24(31)35-15-19(16-36-25(32)6-4-2)37-26(33)11-12-27(34)39-23-14-18(29)8-10-22(23)38-21-9-7-17(28)13-20(21)30/h7-10,13-14,19H,3-6,11-12,15-16H2,1-2H3. The van der Waals surface area contributed by atoms with E-state index in [0.717, 1.165) is 0 Å². The van der Waals surface area contributed by atoms with Crippen molar-refractivity contribution >= 4 is 58.7 Å². The van der Waals surface area contributed by atoms with Crippen LogP contribution >= 0.6 is 34.8 Å². The molecular formula is C27H29Cl3O9. The minimum atomic E-state index is -1.02. The third kappa shape index (κ3) is 12.1. The molecule has 212 valence electrons. The molecule has 0 bridgehead atoms. The fourth-order valence-electron chi connectivity index (χ4n) is 2.99. The predicted octanol–water partition coefficient (Wildman–Crippen LogP) is 6.72. The molecule has 0 atom stereocenters. The molecular weight excluding hydrogens is 575 g/mol. The minimum absolute atomic E-state index is 0.00966. The quantitative estimate of drug-likeness (QED) is 0.124. The van der Waals surface area contributed by atoms with E-state index in [-0.39, 0.29) is 66.2 Å². The van der Waals surface area contributed by atoms with Gasteiger partial charge in [0.05, 0.1) is 17.9 Å². The molecule has 0 N–H and O–H groups in total. The largest absolute Gasteiger partial charge is 0.462 e. The summed E-state index contributed by atoms with van der Waals surface area (Å²) in [6.07, 6.45) is -0.146. The summed E-state index contributed by atoms with van der Waals surface area (Å²) in [5.74, 6) is -2.04. The number of ether oxygens (including phenoxy) is 5. The monoisotopic (exact) mass is 602 g/mol. The number of esters is 4. The molecule has 0 unspecified atom stereocenters. The first-order valence-electron chi connectivity index (χ1n) is 12.2. The molecule has 0 aliphatic carbocycles. The molecule has 2 rings (SSSR count). The van der Waals surface area contributed by atoms with Crippen LogP contribution in [0.15, 0.2) is 36.4 Å². The van der Waals surface area contributed by atoms with Crippen molar-refractivity contribution in [3.8, 4) is 17.2 Å². The van der Waals surface area contributed by atoms with Crippen LogP contribution in [0.4, 0.5) is 0 Å². The molecule has 2 aromatic rings. The molecule has 0 fully saturated rings. The van der Waals surface area contributed by atoms with Crippen LogP contribution in [0.2, 0.25) is 15.1 Å². The highest BCUT2D eigenvalue weighted by Crippen LogP contribution is 2.37. The molecule has 0 aromatic heterocycles. The average Bonchev–Trinajstić information content (AvgIpc) is 2.87. The summed E-state index contributed by atoms with van der Waals surface area (Å²) >= 11 is 18.1. The highest BCUT2D eigenvalue weighted by atomic mass is 35.5. The molecule has 0 spiro atoms. The zero-order valence-corrected chi connectivity index (χ0v) is 23.8. The lowest BCUT2D eigenvalue weighted by Gasteiger charge is -2.18. The Bertz CT molecular complexity index is 1130. The van der Waals surface area contributed by atoms with Gasteiger partial charge in [0.2, 0.25) is 0 Å². The molecule has 12 heteroatoms. The lowest BCUT2D eigenvalue weighted by Crippen LogP contribution is -2.31. The second-order valence-electron chi connectivity index (χ2n) is 8.22. The minimum Gasteiger partial charge on any atom is -0.462 e. The second kappa shape index (κ2) is 16.8. The van der Waals surface area contributed by atoms with E-state index in [2.05, 4.69) is 0 Å². The van der Waals surface area contributed by atoms with E-state index in [0.29, 0.717) is 17.9 Å². The number of halogens is 3. The molecule has 39 heavy (non-hydrogen) atoms. The molecule has 0 amide bonds. The van der Waals surface area contributed by atoms with Crippen LogP contribution in [0.3, 0.4) is 0 Å². The van der Waals surface area contributed by atoms with Gasteiger partial charge in [-0.3, -0.25) is 19.2 Å². The van der Waals surface area contributed by atoms with Gasteiger partial charge >= 0.3 is 23.9 Å². The van der Waals surface area contributed by atoms with Gasteiger partial charge < -0.3 is 23.7 Å². The van der Waals surface area contributed by atoms with Crippen LogP contribution in [-0.2, 0) is 33.4 Å². The Morgan fingerprint density at radius 3 is 1.77 bits per heavy atom. The Kier molecular flexibility index (Phi) is 13.9. The van der Waals surface area contributed by atoms with Crippen molar-refractivity contribution in [2.24, 2.45) is 0 Å². The summed E-state index contributed by atoms with van der Waals surface area (Å²) < 4.78 is 26.6. The number of benzene rings is 2. The van der Waals surface area contributed by atoms with E-state index in [1.807, 2.05) is 13.8 Å². The van der Waals surface area contributed by atoms with Crippen LogP contribution in [0, 0.1) is 0 Å². The fraction of sp³-hybridized carbons (Fsp3) is 0.407. The van der Waals surface area contributed by atoms with Crippen LogP contribution in [0.1, 0.15) is 52.4 Å². The van der Waals surface area contributed by atoms with Crippen molar-refractivity contribution in [1.82, 2.24) is 0 Å². The summed E-state index contributed by atoms with van der Waals surface area (Å²) in [7, 11) is 0. The Balaban J connectivity index is 1.96. The van der Waals surface area contributed by atoms with E-state index in [9.17, 15) is 19.2 Å². The van der Waals surface area contributed by atoms with Crippen molar-refractivity contribution < 1.29 is 42.9 Å². The molecule has 0 aliphatic rings.